The second kappa shape index (κ2) is 3.15. The summed E-state index contributed by atoms with van der Waals surface area (Å²) >= 11 is 0. The van der Waals surface area contributed by atoms with Gasteiger partial charge in [-0.1, -0.05) is 12.1 Å². The van der Waals surface area contributed by atoms with Crippen molar-refractivity contribution < 1.29 is 4.79 Å². The minimum Gasteiger partial charge on any atom is -0.398 e. The van der Waals surface area contributed by atoms with E-state index in [-0.39, 0.29) is 18.2 Å². The summed E-state index contributed by atoms with van der Waals surface area (Å²) in [6, 6.07) is 5.52. The molecule has 2 rings (SSSR count). The van der Waals surface area contributed by atoms with Crippen LogP contribution in [-0.2, 0) is 6.42 Å². The lowest BCUT2D eigenvalue weighted by Gasteiger charge is -1.99. The Bertz CT molecular complexity index is 322. The van der Waals surface area contributed by atoms with Gasteiger partial charge in [0.1, 0.15) is 0 Å². The monoisotopic (exact) mass is 183 g/mol. The topological polar surface area (TPSA) is 43.1 Å². The Morgan fingerprint density at radius 1 is 1.25 bits per heavy atom. The highest BCUT2D eigenvalue weighted by Gasteiger charge is 2.20. The van der Waals surface area contributed by atoms with Crippen LogP contribution in [0.3, 0.4) is 0 Å². The van der Waals surface area contributed by atoms with Crippen LogP contribution in [0.5, 0.6) is 0 Å². The number of anilines is 1. The predicted molar refractivity (Wildman–Crippen MR) is 50.8 cm³/mol. The molecule has 1 aliphatic rings. The quantitative estimate of drug-likeness (QED) is 0.624. The predicted octanol–water partition coefficient (Wildman–Crippen LogP) is 1.82. The number of fused-ring (bicyclic) bond motifs is 1. The maximum absolute atomic E-state index is 11.2. The molecule has 0 heterocycles. The highest BCUT2D eigenvalue weighted by molar-refractivity contribution is 6.01. The molecule has 0 spiro atoms. The fourth-order valence-electron chi connectivity index (χ4n) is 1.52. The number of halogens is 1. The van der Waals surface area contributed by atoms with Gasteiger partial charge in [-0.05, 0) is 18.1 Å². The molecule has 64 valence electrons. The second-order valence-corrected chi connectivity index (χ2v) is 2.80. The molecule has 1 aromatic rings. The third-order valence-electron chi connectivity index (χ3n) is 2.11. The molecule has 1 aliphatic carbocycles. The van der Waals surface area contributed by atoms with Crippen LogP contribution in [0.2, 0.25) is 0 Å². The van der Waals surface area contributed by atoms with E-state index in [1.807, 2.05) is 18.2 Å². The van der Waals surface area contributed by atoms with Gasteiger partial charge in [-0.3, -0.25) is 4.79 Å². The Morgan fingerprint density at radius 2 is 2.00 bits per heavy atom. The maximum atomic E-state index is 11.2. The molecule has 0 saturated heterocycles. The summed E-state index contributed by atoms with van der Waals surface area (Å²) in [5, 5.41) is 0. The zero-order valence-corrected chi connectivity index (χ0v) is 7.36. The largest absolute Gasteiger partial charge is 0.398 e. The van der Waals surface area contributed by atoms with E-state index in [1.54, 1.807) is 0 Å². The van der Waals surface area contributed by atoms with Crippen molar-refractivity contribution in [1.82, 2.24) is 0 Å². The Balaban J connectivity index is 0.000000720. The molecule has 0 aromatic heterocycles. The molecule has 2 nitrogen and oxygen atoms in total. The van der Waals surface area contributed by atoms with E-state index < -0.39 is 0 Å². The van der Waals surface area contributed by atoms with Crippen molar-refractivity contribution in [3.8, 4) is 0 Å². The van der Waals surface area contributed by atoms with Gasteiger partial charge in [-0.25, -0.2) is 0 Å². The summed E-state index contributed by atoms with van der Waals surface area (Å²) in [7, 11) is 0. The first kappa shape index (κ1) is 9.07. The smallest absolute Gasteiger partial charge is 0.163 e. The number of nitrogen functional groups attached to an aromatic ring is 1. The van der Waals surface area contributed by atoms with Gasteiger partial charge in [-0.15, -0.1) is 12.4 Å². The highest BCUT2D eigenvalue weighted by atomic mass is 35.5. The number of carbonyl (C=O) groups is 1. The summed E-state index contributed by atoms with van der Waals surface area (Å²) in [6.07, 6.45) is 1.45. The van der Waals surface area contributed by atoms with E-state index in [1.165, 1.54) is 0 Å². The molecule has 0 fully saturated rings. The lowest BCUT2D eigenvalue weighted by molar-refractivity contribution is 0.0994. The molecular weight excluding hydrogens is 174 g/mol. The highest BCUT2D eigenvalue weighted by Crippen LogP contribution is 2.26. The van der Waals surface area contributed by atoms with Gasteiger partial charge in [0.05, 0.1) is 0 Å². The molecule has 0 bridgehead atoms. The molecule has 2 N–H and O–H groups in total. The normalized spacial score (nSPS) is 13.8. The molecule has 0 aliphatic heterocycles. The number of hydrogen-bond donors (Lipinski definition) is 1. The van der Waals surface area contributed by atoms with Crippen molar-refractivity contribution in [2.75, 3.05) is 5.73 Å². The van der Waals surface area contributed by atoms with E-state index in [2.05, 4.69) is 0 Å². The van der Waals surface area contributed by atoms with Gasteiger partial charge in [-0.2, -0.15) is 0 Å². The number of hydrogen-bond acceptors (Lipinski definition) is 2. The summed E-state index contributed by atoms with van der Waals surface area (Å²) in [5.74, 6) is 0.229. The van der Waals surface area contributed by atoms with Gasteiger partial charge in [0, 0.05) is 17.7 Å². The molecule has 3 heteroatoms. The molecule has 0 unspecified atom stereocenters. The number of ketones is 1. The van der Waals surface area contributed by atoms with Gasteiger partial charge >= 0.3 is 0 Å². The summed E-state index contributed by atoms with van der Waals surface area (Å²) in [6.45, 7) is 0. The molecule has 12 heavy (non-hydrogen) atoms. The zero-order valence-electron chi connectivity index (χ0n) is 6.54. The molecule has 0 saturated carbocycles. The van der Waals surface area contributed by atoms with Crippen molar-refractivity contribution in [2.24, 2.45) is 0 Å². The van der Waals surface area contributed by atoms with Crippen LogP contribution in [0.25, 0.3) is 0 Å². The first-order valence-corrected chi connectivity index (χ1v) is 3.69. The number of benzene rings is 1. The average molecular weight is 184 g/mol. The van der Waals surface area contributed by atoms with Crippen LogP contribution in [0.4, 0.5) is 5.69 Å². The number of carbonyl (C=O) groups excluding carboxylic acids is 1. The van der Waals surface area contributed by atoms with Crippen LogP contribution < -0.4 is 5.73 Å². The number of nitrogens with two attached hydrogens (primary N) is 1. The zero-order chi connectivity index (χ0) is 7.84. The van der Waals surface area contributed by atoms with Crippen molar-refractivity contribution in [2.45, 2.75) is 12.8 Å². The molecular formula is C9H10ClNO. The van der Waals surface area contributed by atoms with Crippen molar-refractivity contribution in [3.05, 3.63) is 29.3 Å². The van der Waals surface area contributed by atoms with E-state index in [0.717, 1.165) is 23.2 Å². The van der Waals surface area contributed by atoms with Gasteiger partial charge in [0.15, 0.2) is 5.78 Å². The molecule has 0 radical (unpaired) electrons. The standard InChI is InChI=1S/C9H9NO.ClH/c10-8-3-1-2-7-6(8)4-5-9(7)11;/h1-3H,4-5,10H2;1H. The van der Waals surface area contributed by atoms with Gasteiger partial charge in [0.25, 0.3) is 0 Å². The lowest BCUT2D eigenvalue weighted by atomic mass is 10.1. The third-order valence-corrected chi connectivity index (χ3v) is 2.11. The minimum absolute atomic E-state index is 0. The fourth-order valence-corrected chi connectivity index (χ4v) is 1.52. The lowest BCUT2D eigenvalue weighted by Crippen LogP contribution is -1.94. The Morgan fingerprint density at radius 3 is 2.67 bits per heavy atom. The first-order chi connectivity index (χ1) is 5.29. The Hall–Kier alpha value is -1.02. The molecule has 0 amide bonds. The summed E-state index contributed by atoms with van der Waals surface area (Å²) in [5.41, 5.74) is 8.30. The van der Waals surface area contributed by atoms with Crippen LogP contribution in [-0.4, -0.2) is 5.78 Å². The van der Waals surface area contributed by atoms with Gasteiger partial charge < -0.3 is 5.73 Å². The summed E-state index contributed by atoms with van der Waals surface area (Å²) < 4.78 is 0. The molecule has 0 atom stereocenters. The van der Waals surface area contributed by atoms with E-state index in [0.29, 0.717) is 6.42 Å². The Labute approximate surface area is 77.2 Å². The first-order valence-electron chi connectivity index (χ1n) is 3.69. The number of rotatable bonds is 0. The SMILES string of the molecule is Cl.Nc1cccc2c1CCC2=O. The second-order valence-electron chi connectivity index (χ2n) is 2.80. The van der Waals surface area contributed by atoms with Gasteiger partial charge in [0.2, 0.25) is 0 Å². The third kappa shape index (κ3) is 1.18. The van der Waals surface area contributed by atoms with Crippen molar-refractivity contribution in [1.29, 1.82) is 0 Å². The average Bonchev–Trinajstić information content (AvgIpc) is 2.35. The van der Waals surface area contributed by atoms with Crippen LogP contribution >= 0.6 is 12.4 Å². The van der Waals surface area contributed by atoms with Crippen LogP contribution in [0.1, 0.15) is 22.3 Å². The fraction of sp³-hybridized carbons (Fsp3) is 0.222. The van der Waals surface area contributed by atoms with Crippen LogP contribution in [0, 0.1) is 0 Å². The van der Waals surface area contributed by atoms with E-state index in [4.69, 9.17) is 5.73 Å². The van der Waals surface area contributed by atoms with Crippen LogP contribution in [0.15, 0.2) is 18.2 Å². The van der Waals surface area contributed by atoms with E-state index in [9.17, 15) is 4.79 Å². The Kier molecular flexibility index (Phi) is 2.38. The van der Waals surface area contributed by atoms with Crippen molar-refractivity contribution >= 4 is 23.9 Å². The minimum atomic E-state index is 0. The maximum Gasteiger partial charge on any atom is 0.163 e. The summed E-state index contributed by atoms with van der Waals surface area (Å²) in [4.78, 5) is 11.2. The van der Waals surface area contributed by atoms with Crippen molar-refractivity contribution in [3.63, 3.8) is 0 Å². The molecule has 1 aromatic carbocycles. The van der Waals surface area contributed by atoms with E-state index >= 15 is 0 Å². The number of Topliss-reactive ketones (excluding diaryl/α,β-unsaturated/α-hetero) is 1.